The molecule has 0 bridgehead atoms. The molecule has 7 nitrogen and oxygen atoms in total. The highest BCUT2D eigenvalue weighted by Crippen LogP contribution is 2.25. The van der Waals surface area contributed by atoms with E-state index in [1.807, 2.05) is 18.2 Å². The molecule has 134 valence electrons. The second kappa shape index (κ2) is 7.53. The van der Waals surface area contributed by atoms with Crippen LogP contribution in [0.5, 0.6) is 0 Å². The predicted octanol–water partition coefficient (Wildman–Crippen LogP) is 3.53. The number of amides is 1. The van der Waals surface area contributed by atoms with Gasteiger partial charge >= 0.3 is 5.97 Å². The largest absolute Gasteiger partial charge is 0.452 e. The van der Waals surface area contributed by atoms with Crippen molar-refractivity contribution in [2.75, 3.05) is 11.9 Å². The quantitative estimate of drug-likeness (QED) is 0.490. The van der Waals surface area contributed by atoms with Crippen molar-refractivity contribution in [2.45, 2.75) is 19.3 Å². The van der Waals surface area contributed by atoms with Crippen LogP contribution in [0.2, 0.25) is 5.02 Å². The van der Waals surface area contributed by atoms with Crippen molar-refractivity contribution in [3.05, 3.63) is 68.2 Å². The van der Waals surface area contributed by atoms with Gasteiger partial charge in [0, 0.05) is 17.8 Å². The molecule has 0 heterocycles. The molecule has 0 saturated heterocycles. The number of nitro groups is 1. The lowest BCUT2D eigenvalue weighted by Crippen LogP contribution is -2.21. The van der Waals surface area contributed by atoms with E-state index in [-0.39, 0.29) is 16.3 Å². The van der Waals surface area contributed by atoms with E-state index in [4.69, 9.17) is 16.3 Å². The molecule has 2 aromatic carbocycles. The summed E-state index contributed by atoms with van der Waals surface area (Å²) in [6.07, 6.45) is 3.16. The highest BCUT2D eigenvalue weighted by molar-refractivity contribution is 6.33. The number of nitro benzene ring substituents is 1. The number of benzene rings is 2. The Labute approximate surface area is 154 Å². The maximum Gasteiger partial charge on any atom is 0.340 e. The summed E-state index contributed by atoms with van der Waals surface area (Å²) < 4.78 is 4.93. The van der Waals surface area contributed by atoms with Gasteiger partial charge in [0.05, 0.1) is 15.5 Å². The van der Waals surface area contributed by atoms with Gasteiger partial charge in [0.15, 0.2) is 6.61 Å². The first-order valence-corrected chi connectivity index (χ1v) is 8.34. The van der Waals surface area contributed by atoms with E-state index < -0.39 is 23.4 Å². The summed E-state index contributed by atoms with van der Waals surface area (Å²) in [6, 6.07) is 9.13. The van der Waals surface area contributed by atoms with Crippen molar-refractivity contribution in [1.29, 1.82) is 0 Å². The molecule has 0 aliphatic heterocycles. The number of rotatable bonds is 5. The van der Waals surface area contributed by atoms with Crippen molar-refractivity contribution in [1.82, 2.24) is 0 Å². The van der Waals surface area contributed by atoms with Crippen LogP contribution in [-0.2, 0) is 22.4 Å². The molecule has 0 radical (unpaired) electrons. The molecule has 3 rings (SSSR count). The number of carbonyl (C=O) groups is 2. The van der Waals surface area contributed by atoms with E-state index in [1.54, 1.807) is 0 Å². The standard InChI is InChI=1S/C18H15ClN2O5/c19-16-9-14(21(24)25)6-7-15(16)18(23)26-10-17(22)20-13-5-4-11-2-1-3-12(11)8-13/h4-9H,1-3,10H2,(H,20,22). The minimum Gasteiger partial charge on any atom is -0.452 e. The zero-order valence-electron chi connectivity index (χ0n) is 13.7. The Hall–Kier alpha value is -2.93. The maximum atomic E-state index is 12.0. The summed E-state index contributed by atoms with van der Waals surface area (Å²) in [5, 5.41) is 13.2. The van der Waals surface area contributed by atoms with Gasteiger partial charge in [0.25, 0.3) is 11.6 Å². The van der Waals surface area contributed by atoms with Gasteiger partial charge in [-0.25, -0.2) is 4.79 Å². The molecular formula is C18H15ClN2O5. The average Bonchev–Trinajstić information content (AvgIpc) is 3.07. The summed E-state index contributed by atoms with van der Waals surface area (Å²) in [7, 11) is 0. The van der Waals surface area contributed by atoms with Crippen LogP contribution >= 0.6 is 11.6 Å². The minimum absolute atomic E-state index is 0.0393. The Balaban J connectivity index is 1.57. The molecule has 0 atom stereocenters. The van der Waals surface area contributed by atoms with Crippen LogP contribution in [0.15, 0.2) is 36.4 Å². The molecular weight excluding hydrogens is 360 g/mol. The lowest BCUT2D eigenvalue weighted by atomic mass is 10.1. The molecule has 0 unspecified atom stereocenters. The number of aryl methyl sites for hydroxylation is 2. The Bertz CT molecular complexity index is 897. The molecule has 0 saturated carbocycles. The van der Waals surface area contributed by atoms with E-state index in [2.05, 4.69) is 5.32 Å². The van der Waals surface area contributed by atoms with Crippen molar-refractivity contribution in [3.63, 3.8) is 0 Å². The molecule has 26 heavy (non-hydrogen) atoms. The number of non-ortho nitro benzene ring substituents is 1. The Morgan fingerprint density at radius 2 is 1.92 bits per heavy atom. The number of esters is 1. The summed E-state index contributed by atoms with van der Waals surface area (Å²) in [4.78, 5) is 34.0. The molecule has 1 amide bonds. The van der Waals surface area contributed by atoms with E-state index in [1.165, 1.54) is 17.2 Å². The van der Waals surface area contributed by atoms with Gasteiger partial charge in [0.1, 0.15) is 0 Å². The smallest absolute Gasteiger partial charge is 0.340 e. The zero-order valence-corrected chi connectivity index (χ0v) is 14.4. The van der Waals surface area contributed by atoms with E-state index in [9.17, 15) is 19.7 Å². The van der Waals surface area contributed by atoms with Gasteiger partial charge in [-0.2, -0.15) is 0 Å². The van der Waals surface area contributed by atoms with Crippen molar-refractivity contribution in [3.8, 4) is 0 Å². The number of hydrogen-bond acceptors (Lipinski definition) is 5. The number of nitrogens with one attached hydrogen (secondary N) is 1. The highest BCUT2D eigenvalue weighted by Gasteiger charge is 2.17. The van der Waals surface area contributed by atoms with Crippen LogP contribution < -0.4 is 5.32 Å². The van der Waals surface area contributed by atoms with E-state index in [0.717, 1.165) is 31.4 Å². The summed E-state index contributed by atoms with van der Waals surface area (Å²) in [5.74, 6) is -1.30. The first-order valence-electron chi connectivity index (χ1n) is 7.97. The molecule has 1 N–H and O–H groups in total. The summed E-state index contributed by atoms with van der Waals surface area (Å²) >= 11 is 5.86. The van der Waals surface area contributed by atoms with Crippen molar-refractivity contribution < 1.29 is 19.2 Å². The van der Waals surface area contributed by atoms with E-state index >= 15 is 0 Å². The van der Waals surface area contributed by atoms with Gasteiger partial charge in [-0.05, 0) is 48.6 Å². The van der Waals surface area contributed by atoms with Gasteiger partial charge in [0.2, 0.25) is 0 Å². The maximum absolute atomic E-state index is 12.0. The number of carbonyl (C=O) groups excluding carboxylic acids is 2. The highest BCUT2D eigenvalue weighted by atomic mass is 35.5. The Morgan fingerprint density at radius 1 is 1.15 bits per heavy atom. The molecule has 0 fully saturated rings. The SMILES string of the molecule is O=C(COC(=O)c1ccc([N+](=O)[O-])cc1Cl)Nc1ccc2c(c1)CCC2. The van der Waals surface area contributed by atoms with Crippen LogP contribution in [0.25, 0.3) is 0 Å². The third-order valence-electron chi connectivity index (χ3n) is 4.10. The van der Waals surface area contributed by atoms with Crippen LogP contribution in [0.4, 0.5) is 11.4 Å². The predicted molar refractivity (Wildman–Crippen MR) is 95.5 cm³/mol. The topological polar surface area (TPSA) is 98.5 Å². The fourth-order valence-electron chi connectivity index (χ4n) is 2.84. The molecule has 2 aromatic rings. The van der Waals surface area contributed by atoms with Crippen LogP contribution in [0.3, 0.4) is 0 Å². The minimum atomic E-state index is -0.825. The number of anilines is 1. The number of ether oxygens (including phenoxy) is 1. The van der Waals surface area contributed by atoms with Gasteiger partial charge in [-0.1, -0.05) is 17.7 Å². The average molecular weight is 375 g/mol. The Kier molecular flexibility index (Phi) is 5.18. The second-order valence-electron chi connectivity index (χ2n) is 5.88. The molecule has 1 aliphatic carbocycles. The van der Waals surface area contributed by atoms with Crippen molar-refractivity contribution in [2.24, 2.45) is 0 Å². The fourth-order valence-corrected chi connectivity index (χ4v) is 3.09. The molecule has 8 heteroatoms. The lowest BCUT2D eigenvalue weighted by molar-refractivity contribution is -0.384. The van der Waals surface area contributed by atoms with E-state index in [0.29, 0.717) is 5.69 Å². The number of fused-ring (bicyclic) bond motifs is 1. The van der Waals surface area contributed by atoms with Crippen LogP contribution in [0, 0.1) is 10.1 Å². The van der Waals surface area contributed by atoms with Crippen LogP contribution in [-0.4, -0.2) is 23.4 Å². The number of hydrogen-bond donors (Lipinski definition) is 1. The Morgan fingerprint density at radius 3 is 2.65 bits per heavy atom. The number of nitrogens with zero attached hydrogens (tertiary/aromatic N) is 1. The van der Waals surface area contributed by atoms with Gasteiger partial charge in [-0.15, -0.1) is 0 Å². The first kappa shape index (κ1) is 17.9. The normalized spacial score (nSPS) is 12.3. The summed E-state index contributed by atoms with van der Waals surface area (Å²) in [5.41, 5.74) is 2.89. The van der Waals surface area contributed by atoms with Gasteiger partial charge < -0.3 is 10.1 Å². The molecule has 1 aliphatic rings. The summed E-state index contributed by atoms with van der Waals surface area (Å²) in [6.45, 7) is -0.483. The third kappa shape index (κ3) is 4.00. The molecule has 0 aromatic heterocycles. The monoisotopic (exact) mass is 374 g/mol. The zero-order chi connectivity index (χ0) is 18.7. The third-order valence-corrected chi connectivity index (χ3v) is 4.41. The molecule has 0 spiro atoms. The van der Waals surface area contributed by atoms with Crippen molar-refractivity contribution >= 4 is 34.9 Å². The first-order chi connectivity index (χ1) is 12.4. The van der Waals surface area contributed by atoms with Gasteiger partial charge in [-0.3, -0.25) is 14.9 Å². The number of halogens is 1. The fraction of sp³-hybridized carbons (Fsp3) is 0.222. The lowest BCUT2D eigenvalue weighted by Gasteiger charge is -2.09. The van der Waals surface area contributed by atoms with Crippen LogP contribution in [0.1, 0.15) is 27.9 Å². The second-order valence-corrected chi connectivity index (χ2v) is 6.29.